The van der Waals surface area contributed by atoms with Gasteiger partial charge in [0.05, 0.1) is 25.7 Å². The summed E-state index contributed by atoms with van der Waals surface area (Å²) in [5, 5.41) is 0. The molecule has 18 heavy (non-hydrogen) atoms. The zero-order valence-corrected chi connectivity index (χ0v) is 10.8. The van der Waals surface area contributed by atoms with Crippen LogP contribution in [0.2, 0.25) is 0 Å². The Morgan fingerprint density at radius 1 is 1.61 bits per heavy atom. The van der Waals surface area contributed by atoms with Crippen LogP contribution in [-0.2, 0) is 19.1 Å². The molecule has 2 bridgehead atoms. The Morgan fingerprint density at radius 2 is 2.33 bits per heavy atom. The number of esters is 1. The molecule has 5 nitrogen and oxygen atoms in total. The minimum Gasteiger partial charge on any atom is -0.469 e. The standard InChI is InChI=1S/C13H17NO4/c1-7(2)14-6-13-5-4-8(18-13)9(12(16)17-3)10(13)11(14)15/h4-5,7-10H,6H2,1-3H3/t8-,9-,10+,13-/m1/s1. The largest absolute Gasteiger partial charge is 0.469 e. The molecule has 2 saturated heterocycles. The number of nitrogens with zero attached hydrogens (tertiary/aromatic N) is 1. The molecule has 98 valence electrons. The lowest BCUT2D eigenvalue weighted by Gasteiger charge is -2.24. The minimum absolute atomic E-state index is 0.00671. The van der Waals surface area contributed by atoms with Gasteiger partial charge < -0.3 is 14.4 Å². The smallest absolute Gasteiger partial charge is 0.312 e. The molecular formula is C13H17NO4. The van der Waals surface area contributed by atoms with Gasteiger partial charge in [-0.3, -0.25) is 9.59 Å². The SMILES string of the molecule is COC(=O)[C@H]1[C@H]2C(=O)N(C(C)C)C[C@]23C=C[C@H]1O3. The second-order valence-corrected chi connectivity index (χ2v) is 5.48. The number of hydrogen-bond donors (Lipinski definition) is 0. The molecular weight excluding hydrogens is 234 g/mol. The maximum atomic E-state index is 12.4. The maximum absolute atomic E-state index is 12.4. The van der Waals surface area contributed by atoms with E-state index in [0.29, 0.717) is 6.54 Å². The summed E-state index contributed by atoms with van der Waals surface area (Å²) in [4.78, 5) is 26.1. The lowest BCUT2D eigenvalue weighted by molar-refractivity contribution is -0.151. The monoisotopic (exact) mass is 251 g/mol. The van der Waals surface area contributed by atoms with Crippen molar-refractivity contribution in [3.8, 4) is 0 Å². The van der Waals surface area contributed by atoms with Gasteiger partial charge in [0, 0.05) is 6.04 Å². The van der Waals surface area contributed by atoms with Gasteiger partial charge in [0.1, 0.15) is 11.5 Å². The molecule has 1 spiro atoms. The molecule has 3 heterocycles. The van der Waals surface area contributed by atoms with Crippen LogP contribution in [0.3, 0.4) is 0 Å². The number of rotatable bonds is 2. The summed E-state index contributed by atoms with van der Waals surface area (Å²) in [5.74, 6) is -1.25. The molecule has 0 N–H and O–H groups in total. The predicted octanol–water partition coefficient (Wildman–Crippen LogP) is 0.350. The normalized spacial score (nSPS) is 40.8. The molecule has 0 aromatic rings. The Kier molecular flexibility index (Phi) is 2.32. The highest BCUT2D eigenvalue weighted by atomic mass is 16.5. The zero-order valence-electron chi connectivity index (χ0n) is 10.8. The second-order valence-electron chi connectivity index (χ2n) is 5.48. The maximum Gasteiger partial charge on any atom is 0.312 e. The molecule has 1 amide bonds. The van der Waals surface area contributed by atoms with E-state index >= 15 is 0 Å². The van der Waals surface area contributed by atoms with Crippen molar-refractivity contribution >= 4 is 11.9 Å². The van der Waals surface area contributed by atoms with Crippen LogP contribution in [-0.4, -0.2) is 48.2 Å². The molecule has 0 aromatic heterocycles. The summed E-state index contributed by atoms with van der Waals surface area (Å²) in [6, 6.07) is 0.117. The summed E-state index contributed by atoms with van der Waals surface area (Å²) in [7, 11) is 1.35. The van der Waals surface area contributed by atoms with Crippen LogP contribution in [0, 0.1) is 11.8 Å². The summed E-state index contributed by atoms with van der Waals surface area (Å²) in [6.45, 7) is 4.48. The van der Waals surface area contributed by atoms with Crippen LogP contribution in [0.5, 0.6) is 0 Å². The number of likely N-dealkylation sites (tertiary alicyclic amines) is 1. The predicted molar refractivity (Wildman–Crippen MR) is 62.6 cm³/mol. The van der Waals surface area contributed by atoms with Gasteiger partial charge >= 0.3 is 5.97 Å². The van der Waals surface area contributed by atoms with Gasteiger partial charge in [-0.1, -0.05) is 12.2 Å². The van der Waals surface area contributed by atoms with Crippen LogP contribution in [0.25, 0.3) is 0 Å². The third-order valence-corrected chi connectivity index (χ3v) is 4.23. The number of methoxy groups -OCH3 is 1. The summed E-state index contributed by atoms with van der Waals surface area (Å²) >= 11 is 0. The number of amides is 1. The third-order valence-electron chi connectivity index (χ3n) is 4.23. The highest BCUT2D eigenvalue weighted by Crippen LogP contribution is 2.52. The molecule has 0 saturated carbocycles. The van der Waals surface area contributed by atoms with E-state index in [9.17, 15) is 9.59 Å². The highest BCUT2D eigenvalue weighted by Gasteiger charge is 2.67. The zero-order chi connectivity index (χ0) is 13.1. The van der Waals surface area contributed by atoms with Gasteiger partial charge in [0.2, 0.25) is 5.91 Å². The summed E-state index contributed by atoms with van der Waals surface area (Å²) < 4.78 is 10.7. The Balaban J connectivity index is 1.98. The number of ether oxygens (including phenoxy) is 2. The molecule has 3 rings (SSSR count). The first-order valence-electron chi connectivity index (χ1n) is 6.25. The van der Waals surface area contributed by atoms with E-state index in [-0.39, 0.29) is 24.0 Å². The van der Waals surface area contributed by atoms with Gasteiger partial charge in [-0.25, -0.2) is 0 Å². The van der Waals surface area contributed by atoms with Gasteiger partial charge in [0.15, 0.2) is 0 Å². The van der Waals surface area contributed by atoms with Crippen molar-refractivity contribution in [1.82, 2.24) is 4.90 Å². The molecule has 0 aromatic carbocycles. The van der Waals surface area contributed by atoms with Crippen LogP contribution in [0.15, 0.2) is 12.2 Å². The average Bonchev–Trinajstić information content (AvgIpc) is 2.96. The molecule has 2 fully saturated rings. The quantitative estimate of drug-likeness (QED) is 0.525. The van der Waals surface area contributed by atoms with Crippen molar-refractivity contribution in [3.05, 3.63) is 12.2 Å². The van der Waals surface area contributed by atoms with Crippen molar-refractivity contribution in [2.75, 3.05) is 13.7 Å². The van der Waals surface area contributed by atoms with E-state index in [1.165, 1.54) is 7.11 Å². The van der Waals surface area contributed by atoms with E-state index in [2.05, 4.69) is 0 Å². The number of carbonyl (C=O) groups excluding carboxylic acids is 2. The first-order chi connectivity index (χ1) is 8.50. The van der Waals surface area contributed by atoms with Gasteiger partial charge in [-0.2, -0.15) is 0 Å². The van der Waals surface area contributed by atoms with Gasteiger partial charge in [-0.05, 0) is 13.8 Å². The fourth-order valence-electron chi connectivity index (χ4n) is 3.37. The van der Waals surface area contributed by atoms with Crippen molar-refractivity contribution < 1.29 is 19.1 Å². The van der Waals surface area contributed by atoms with Crippen LogP contribution in [0.4, 0.5) is 0 Å². The summed E-state index contributed by atoms with van der Waals surface area (Å²) in [5.41, 5.74) is -0.606. The Morgan fingerprint density at radius 3 is 2.94 bits per heavy atom. The van der Waals surface area contributed by atoms with E-state index in [1.54, 1.807) is 4.90 Å². The Bertz CT molecular complexity index is 444. The van der Waals surface area contributed by atoms with E-state index in [0.717, 1.165) is 0 Å². The fraction of sp³-hybridized carbons (Fsp3) is 0.692. The van der Waals surface area contributed by atoms with Crippen molar-refractivity contribution in [2.45, 2.75) is 31.6 Å². The first-order valence-corrected chi connectivity index (χ1v) is 6.25. The lowest BCUT2D eigenvalue weighted by atomic mass is 9.77. The minimum atomic E-state index is -0.606. The topological polar surface area (TPSA) is 55.8 Å². The van der Waals surface area contributed by atoms with E-state index in [4.69, 9.17) is 9.47 Å². The van der Waals surface area contributed by atoms with Crippen LogP contribution >= 0.6 is 0 Å². The molecule has 3 aliphatic heterocycles. The second kappa shape index (κ2) is 3.57. The Labute approximate surface area is 106 Å². The first kappa shape index (κ1) is 11.7. The molecule has 5 heteroatoms. The fourth-order valence-corrected chi connectivity index (χ4v) is 3.37. The molecule has 0 unspecified atom stereocenters. The summed E-state index contributed by atoms with van der Waals surface area (Å²) in [6.07, 6.45) is 3.53. The van der Waals surface area contributed by atoms with E-state index in [1.807, 2.05) is 26.0 Å². The van der Waals surface area contributed by atoms with Gasteiger partial charge in [0.25, 0.3) is 0 Å². The number of fused-ring (bicyclic) bond motifs is 1. The molecule has 3 aliphatic rings. The van der Waals surface area contributed by atoms with Gasteiger partial charge in [-0.15, -0.1) is 0 Å². The number of hydrogen-bond acceptors (Lipinski definition) is 4. The average molecular weight is 251 g/mol. The Hall–Kier alpha value is -1.36. The molecule has 0 aliphatic carbocycles. The molecule has 4 atom stereocenters. The number of carbonyl (C=O) groups is 2. The van der Waals surface area contributed by atoms with Crippen LogP contribution in [0.1, 0.15) is 13.8 Å². The lowest BCUT2D eigenvalue weighted by Crippen LogP contribution is -2.40. The molecule has 0 radical (unpaired) electrons. The van der Waals surface area contributed by atoms with Crippen molar-refractivity contribution in [1.29, 1.82) is 0 Å². The van der Waals surface area contributed by atoms with E-state index < -0.39 is 17.4 Å². The third kappa shape index (κ3) is 1.25. The highest BCUT2D eigenvalue weighted by molar-refractivity contribution is 5.91. The van der Waals surface area contributed by atoms with Crippen molar-refractivity contribution in [2.24, 2.45) is 11.8 Å². The van der Waals surface area contributed by atoms with Crippen molar-refractivity contribution in [3.63, 3.8) is 0 Å². The van der Waals surface area contributed by atoms with Crippen LogP contribution < -0.4 is 0 Å².